The van der Waals surface area contributed by atoms with Gasteiger partial charge in [-0.05, 0) is 23.6 Å². The van der Waals surface area contributed by atoms with Crippen LogP contribution in [0, 0.1) is 10.1 Å². The van der Waals surface area contributed by atoms with Gasteiger partial charge in [-0.25, -0.2) is 9.52 Å². The Morgan fingerprint density at radius 3 is 2.35 bits per heavy atom. The summed E-state index contributed by atoms with van der Waals surface area (Å²) in [7, 11) is 0. The predicted molar refractivity (Wildman–Crippen MR) is 84.9 cm³/mol. The first kappa shape index (κ1) is 16.9. The zero-order valence-corrected chi connectivity index (χ0v) is 12.6. The highest BCUT2D eigenvalue weighted by Gasteiger charge is 2.28. The molecule has 2 atom stereocenters. The van der Waals surface area contributed by atoms with Crippen molar-refractivity contribution in [3.8, 4) is 0 Å². The minimum absolute atomic E-state index is 0.0957. The van der Waals surface area contributed by atoms with Crippen LogP contribution in [0.25, 0.3) is 0 Å². The predicted octanol–water partition coefficient (Wildman–Crippen LogP) is 2.38. The number of carbonyl (C=O) groups is 1. The molecule has 7 nitrogen and oxygen atoms in total. The summed E-state index contributed by atoms with van der Waals surface area (Å²) >= 11 is 0.909. The molecule has 0 radical (unpaired) electrons. The fourth-order valence-corrected chi connectivity index (χ4v) is 2.85. The normalized spacial score (nSPS) is 13.3. The van der Waals surface area contributed by atoms with Crippen LogP contribution in [0.5, 0.6) is 0 Å². The van der Waals surface area contributed by atoms with Gasteiger partial charge in [-0.2, -0.15) is 0 Å². The summed E-state index contributed by atoms with van der Waals surface area (Å²) in [6, 6.07) is 13.7. The van der Waals surface area contributed by atoms with Crippen molar-refractivity contribution in [1.29, 1.82) is 0 Å². The largest absolute Gasteiger partial charge is 0.479 e. The van der Waals surface area contributed by atoms with Gasteiger partial charge in [0, 0.05) is 6.07 Å². The Morgan fingerprint density at radius 1 is 1.13 bits per heavy atom. The second-order valence-electron chi connectivity index (χ2n) is 4.62. The van der Waals surface area contributed by atoms with Gasteiger partial charge in [0.05, 0.1) is 11.0 Å². The van der Waals surface area contributed by atoms with Gasteiger partial charge in [0.25, 0.3) is 5.69 Å². The van der Waals surface area contributed by atoms with Crippen LogP contribution < -0.4 is 4.72 Å². The summed E-state index contributed by atoms with van der Waals surface area (Å²) < 4.78 is 2.81. The van der Waals surface area contributed by atoms with E-state index in [0.29, 0.717) is 10.5 Å². The average molecular weight is 334 g/mol. The average Bonchev–Trinajstić information content (AvgIpc) is 2.56. The van der Waals surface area contributed by atoms with Crippen molar-refractivity contribution in [3.05, 3.63) is 70.3 Å². The highest BCUT2D eigenvalue weighted by atomic mass is 32.2. The first-order chi connectivity index (χ1) is 11.0. The van der Waals surface area contributed by atoms with Gasteiger partial charge in [-0.15, -0.1) is 0 Å². The maximum Gasteiger partial charge on any atom is 0.334 e. The first-order valence-corrected chi connectivity index (χ1v) is 7.44. The number of hydrogen-bond acceptors (Lipinski definition) is 6. The van der Waals surface area contributed by atoms with E-state index in [9.17, 15) is 20.0 Å². The lowest BCUT2D eigenvalue weighted by Crippen LogP contribution is -2.34. The molecule has 8 heteroatoms. The number of aliphatic hydroxyl groups is 1. The van der Waals surface area contributed by atoms with Crippen LogP contribution in [0.15, 0.2) is 59.5 Å². The molecule has 0 aliphatic carbocycles. The second-order valence-corrected chi connectivity index (χ2v) is 5.50. The van der Waals surface area contributed by atoms with Crippen molar-refractivity contribution in [2.24, 2.45) is 0 Å². The van der Waals surface area contributed by atoms with Crippen LogP contribution in [0.1, 0.15) is 11.6 Å². The molecule has 3 N–H and O–H groups in total. The molecule has 0 amide bonds. The Balaban J connectivity index is 2.23. The highest BCUT2D eigenvalue weighted by molar-refractivity contribution is 7.97. The maximum atomic E-state index is 11.1. The van der Waals surface area contributed by atoms with Crippen LogP contribution in [0.4, 0.5) is 5.69 Å². The van der Waals surface area contributed by atoms with Crippen LogP contribution in [-0.2, 0) is 4.79 Å². The lowest BCUT2D eigenvalue weighted by atomic mass is 10.0. The molecule has 0 bridgehead atoms. The molecule has 2 aromatic carbocycles. The molecule has 0 fully saturated rings. The summed E-state index contributed by atoms with van der Waals surface area (Å²) in [5, 5.41) is 29.9. The third kappa shape index (κ3) is 4.28. The summed E-state index contributed by atoms with van der Waals surface area (Å²) in [4.78, 5) is 21.9. The number of aliphatic hydroxyl groups excluding tert-OH is 1. The molecule has 0 saturated carbocycles. The number of rotatable bonds is 7. The Labute approximate surface area is 136 Å². The number of para-hydroxylation sites is 1. The van der Waals surface area contributed by atoms with E-state index >= 15 is 0 Å². The SMILES string of the molecule is O=C(O)[C@H](O)[C@@H](NSc1ccccc1[N+](=O)[O-])c1ccccc1. The van der Waals surface area contributed by atoms with Gasteiger partial charge in [0.15, 0.2) is 6.10 Å². The zero-order valence-electron chi connectivity index (χ0n) is 11.8. The van der Waals surface area contributed by atoms with Crippen molar-refractivity contribution in [2.75, 3.05) is 0 Å². The quantitative estimate of drug-likeness (QED) is 0.405. The monoisotopic (exact) mass is 334 g/mol. The molecule has 0 unspecified atom stereocenters. The highest BCUT2D eigenvalue weighted by Crippen LogP contribution is 2.30. The lowest BCUT2D eigenvalue weighted by molar-refractivity contribution is -0.387. The van der Waals surface area contributed by atoms with Crippen LogP contribution in [0.3, 0.4) is 0 Å². The van der Waals surface area contributed by atoms with Gasteiger partial charge in [-0.1, -0.05) is 42.5 Å². The van der Waals surface area contributed by atoms with Crippen molar-refractivity contribution in [1.82, 2.24) is 4.72 Å². The van der Waals surface area contributed by atoms with Gasteiger partial charge in [-0.3, -0.25) is 10.1 Å². The number of benzene rings is 2. The maximum absolute atomic E-state index is 11.1. The number of aliphatic carboxylic acids is 1. The van der Waals surface area contributed by atoms with Gasteiger partial charge in [0.2, 0.25) is 0 Å². The molecule has 0 aromatic heterocycles. The molecular formula is C15H14N2O5S. The molecule has 0 aliphatic heterocycles. The molecule has 0 aliphatic rings. The van der Waals surface area contributed by atoms with Crippen LogP contribution in [0.2, 0.25) is 0 Å². The Hall–Kier alpha value is -2.42. The standard InChI is InChI=1S/C15H14N2O5S/c18-14(15(19)20)13(10-6-2-1-3-7-10)16-23-12-9-5-4-8-11(12)17(21)22/h1-9,13-14,16,18H,(H,19,20)/t13-,14+/m0/s1. The fourth-order valence-electron chi connectivity index (χ4n) is 1.94. The van der Waals surface area contributed by atoms with Crippen molar-refractivity contribution in [3.63, 3.8) is 0 Å². The second kappa shape index (κ2) is 7.73. The number of nitrogens with one attached hydrogen (secondary N) is 1. The summed E-state index contributed by atoms with van der Waals surface area (Å²) in [5.74, 6) is -1.38. The third-order valence-electron chi connectivity index (χ3n) is 3.09. The number of hydrogen-bond donors (Lipinski definition) is 3. The number of nitrogens with zero attached hydrogens (tertiary/aromatic N) is 1. The summed E-state index contributed by atoms with van der Waals surface area (Å²) in [6.45, 7) is 0. The van der Waals surface area contributed by atoms with E-state index in [1.807, 2.05) is 0 Å². The molecule has 2 rings (SSSR count). The van der Waals surface area contributed by atoms with Crippen molar-refractivity contribution in [2.45, 2.75) is 17.0 Å². The van der Waals surface area contributed by atoms with E-state index in [1.54, 1.807) is 48.5 Å². The van der Waals surface area contributed by atoms with E-state index in [2.05, 4.69) is 4.72 Å². The Kier molecular flexibility index (Phi) is 5.69. The van der Waals surface area contributed by atoms with E-state index in [1.165, 1.54) is 6.07 Å². The van der Waals surface area contributed by atoms with Crippen LogP contribution >= 0.6 is 11.9 Å². The Morgan fingerprint density at radius 2 is 1.74 bits per heavy atom. The molecule has 0 saturated heterocycles. The van der Waals surface area contributed by atoms with E-state index in [-0.39, 0.29) is 5.69 Å². The fraction of sp³-hybridized carbons (Fsp3) is 0.133. The third-order valence-corrected chi connectivity index (χ3v) is 4.02. The molecule has 0 spiro atoms. The van der Waals surface area contributed by atoms with Gasteiger partial charge < -0.3 is 10.2 Å². The topological polar surface area (TPSA) is 113 Å². The lowest BCUT2D eigenvalue weighted by Gasteiger charge is -2.21. The van der Waals surface area contributed by atoms with Crippen molar-refractivity contribution < 1.29 is 19.9 Å². The smallest absolute Gasteiger partial charge is 0.334 e. The van der Waals surface area contributed by atoms with E-state index in [4.69, 9.17) is 5.11 Å². The number of carboxylic acids is 1. The first-order valence-electron chi connectivity index (χ1n) is 6.62. The molecule has 23 heavy (non-hydrogen) atoms. The molecule has 0 heterocycles. The van der Waals surface area contributed by atoms with E-state index in [0.717, 1.165) is 11.9 Å². The Bertz CT molecular complexity index is 695. The number of nitro groups is 1. The molecule has 2 aromatic rings. The minimum atomic E-state index is -1.69. The number of carboxylic acid groups (broad SMARTS) is 1. The zero-order chi connectivity index (χ0) is 16.8. The summed E-state index contributed by atoms with van der Waals surface area (Å²) in [6.07, 6.45) is -1.69. The van der Waals surface area contributed by atoms with Crippen LogP contribution in [-0.4, -0.2) is 27.2 Å². The number of nitro benzene ring substituents is 1. The minimum Gasteiger partial charge on any atom is -0.479 e. The molecule has 120 valence electrons. The molecular weight excluding hydrogens is 320 g/mol. The van der Waals surface area contributed by atoms with Crippen molar-refractivity contribution >= 4 is 23.6 Å². The van der Waals surface area contributed by atoms with Gasteiger partial charge in [0.1, 0.15) is 4.90 Å². The van der Waals surface area contributed by atoms with E-state index < -0.39 is 23.0 Å². The van der Waals surface area contributed by atoms with Gasteiger partial charge >= 0.3 is 5.97 Å². The summed E-state index contributed by atoms with van der Waals surface area (Å²) in [5.41, 5.74) is 0.468.